The minimum absolute atomic E-state index is 0.00463. The third kappa shape index (κ3) is 4.58. The fourth-order valence-corrected chi connectivity index (χ4v) is 2.44. The van der Waals surface area contributed by atoms with Crippen molar-refractivity contribution in [3.05, 3.63) is 29.3 Å². The summed E-state index contributed by atoms with van der Waals surface area (Å²) >= 11 is 0. The summed E-state index contributed by atoms with van der Waals surface area (Å²) in [4.78, 5) is 25.5. The lowest BCUT2D eigenvalue weighted by Gasteiger charge is -2.27. The van der Waals surface area contributed by atoms with E-state index in [0.717, 1.165) is 16.8 Å². The van der Waals surface area contributed by atoms with Crippen LogP contribution in [-0.2, 0) is 9.59 Å². The molecule has 1 aromatic rings. The minimum Gasteiger partial charge on any atom is -0.354 e. The molecule has 0 aromatic heterocycles. The summed E-state index contributed by atoms with van der Waals surface area (Å²) in [5, 5.41) is 2.87. The molecule has 0 aliphatic rings. The first kappa shape index (κ1) is 18.2. The van der Waals surface area contributed by atoms with Gasteiger partial charge in [-0.2, -0.15) is 0 Å². The molecule has 2 amide bonds. The monoisotopic (exact) mass is 304 g/mol. The maximum atomic E-state index is 12.1. The molecule has 1 N–H and O–H groups in total. The number of nitrogens with one attached hydrogen (secondary N) is 1. The highest BCUT2D eigenvalue weighted by molar-refractivity contribution is 5.93. The van der Waals surface area contributed by atoms with Gasteiger partial charge in [-0.25, -0.2) is 0 Å². The molecule has 4 nitrogen and oxygen atoms in total. The molecule has 0 saturated carbocycles. The number of carbonyl (C=O) groups excluding carboxylic acids is 2. The van der Waals surface area contributed by atoms with E-state index in [1.54, 1.807) is 11.8 Å². The van der Waals surface area contributed by atoms with Gasteiger partial charge in [-0.3, -0.25) is 9.59 Å². The third-order valence-electron chi connectivity index (χ3n) is 3.70. The number of benzene rings is 1. The average molecular weight is 304 g/mol. The van der Waals surface area contributed by atoms with Crippen LogP contribution >= 0.6 is 0 Å². The normalized spacial score (nSPS) is 10.9. The van der Waals surface area contributed by atoms with E-state index in [0.29, 0.717) is 19.0 Å². The van der Waals surface area contributed by atoms with Crippen LogP contribution in [0.1, 0.15) is 51.7 Å². The van der Waals surface area contributed by atoms with Crippen molar-refractivity contribution in [3.63, 3.8) is 0 Å². The second-order valence-corrected chi connectivity index (χ2v) is 6.28. The predicted molar refractivity (Wildman–Crippen MR) is 91.1 cm³/mol. The number of amides is 2. The van der Waals surface area contributed by atoms with Crippen LogP contribution in [0.25, 0.3) is 0 Å². The number of anilines is 1. The van der Waals surface area contributed by atoms with Gasteiger partial charge in [-0.05, 0) is 24.0 Å². The van der Waals surface area contributed by atoms with Crippen LogP contribution in [0.2, 0.25) is 0 Å². The number of para-hydroxylation sites is 1. The molecule has 122 valence electrons. The molecular weight excluding hydrogens is 276 g/mol. The molecule has 0 radical (unpaired) electrons. The van der Waals surface area contributed by atoms with Crippen molar-refractivity contribution in [2.24, 2.45) is 5.92 Å². The Hall–Kier alpha value is -1.84. The van der Waals surface area contributed by atoms with Crippen LogP contribution < -0.4 is 10.2 Å². The van der Waals surface area contributed by atoms with E-state index in [-0.39, 0.29) is 17.7 Å². The Morgan fingerprint density at radius 3 is 2.32 bits per heavy atom. The van der Waals surface area contributed by atoms with Crippen LogP contribution in [0.4, 0.5) is 5.69 Å². The topological polar surface area (TPSA) is 49.4 Å². The van der Waals surface area contributed by atoms with Gasteiger partial charge in [0.05, 0.1) is 5.69 Å². The summed E-state index contributed by atoms with van der Waals surface area (Å²) in [7, 11) is 0. The summed E-state index contributed by atoms with van der Waals surface area (Å²) in [6, 6.07) is 6.10. The largest absolute Gasteiger partial charge is 0.354 e. The first-order valence-electron chi connectivity index (χ1n) is 7.91. The summed E-state index contributed by atoms with van der Waals surface area (Å²) in [5.41, 5.74) is 3.21. The van der Waals surface area contributed by atoms with Crippen molar-refractivity contribution in [1.82, 2.24) is 5.32 Å². The van der Waals surface area contributed by atoms with Crippen molar-refractivity contribution in [1.29, 1.82) is 0 Å². The minimum atomic E-state index is -0.0459. The van der Waals surface area contributed by atoms with Crippen molar-refractivity contribution in [2.75, 3.05) is 18.0 Å². The Labute approximate surface area is 133 Å². The van der Waals surface area contributed by atoms with Crippen LogP contribution in [0, 0.1) is 12.8 Å². The van der Waals surface area contributed by atoms with Crippen LogP contribution in [0.15, 0.2) is 18.2 Å². The second-order valence-electron chi connectivity index (χ2n) is 6.28. The van der Waals surface area contributed by atoms with E-state index < -0.39 is 0 Å². The lowest BCUT2D eigenvalue weighted by Crippen LogP contribution is -2.39. The smallest absolute Gasteiger partial charge is 0.223 e. The first-order valence-corrected chi connectivity index (χ1v) is 7.91. The van der Waals surface area contributed by atoms with Gasteiger partial charge in [-0.15, -0.1) is 0 Å². The number of rotatable bonds is 6. The van der Waals surface area contributed by atoms with Crippen molar-refractivity contribution in [2.45, 2.75) is 47.5 Å². The molecule has 0 saturated heterocycles. The highest BCUT2D eigenvalue weighted by atomic mass is 16.2. The Morgan fingerprint density at radius 1 is 1.18 bits per heavy atom. The number of hydrogen-bond donors (Lipinski definition) is 1. The number of hydrogen-bond acceptors (Lipinski definition) is 2. The zero-order valence-electron chi connectivity index (χ0n) is 14.6. The summed E-state index contributed by atoms with van der Waals surface area (Å²) < 4.78 is 0. The lowest BCUT2D eigenvalue weighted by atomic mass is 9.97. The summed E-state index contributed by atoms with van der Waals surface area (Å²) in [6.45, 7) is 12.5. The van der Waals surface area contributed by atoms with Crippen LogP contribution in [-0.4, -0.2) is 24.9 Å². The van der Waals surface area contributed by atoms with Gasteiger partial charge in [0, 0.05) is 25.9 Å². The summed E-state index contributed by atoms with van der Waals surface area (Å²) in [6.07, 6.45) is 0. The van der Waals surface area contributed by atoms with Crippen molar-refractivity contribution < 1.29 is 9.59 Å². The number of nitrogens with zero attached hydrogens (tertiary/aromatic N) is 1. The first-order chi connectivity index (χ1) is 10.3. The molecule has 0 unspecified atom stereocenters. The Balaban J connectivity index is 2.97. The molecule has 1 aromatic carbocycles. The molecule has 0 atom stereocenters. The molecule has 22 heavy (non-hydrogen) atoms. The van der Waals surface area contributed by atoms with Crippen molar-refractivity contribution >= 4 is 17.5 Å². The highest BCUT2D eigenvalue weighted by Crippen LogP contribution is 2.30. The van der Waals surface area contributed by atoms with Gasteiger partial charge in [0.25, 0.3) is 0 Å². The maximum Gasteiger partial charge on any atom is 0.223 e. The quantitative estimate of drug-likeness (QED) is 0.877. The molecule has 0 heterocycles. The fraction of sp³-hybridized carbons (Fsp3) is 0.556. The fourth-order valence-electron chi connectivity index (χ4n) is 2.44. The van der Waals surface area contributed by atoms with E-state index >= 15 is 0 Å². The SMILES string of the molecule is CC(=O)N(CCNC(=O)C(C)C)c1c(C)cccc1C(C)C. The number of carbonyl (C=O) groups is 2. The van der Waals surface area contributed by atoms with E-state index in [4.69, 9.17) is 0 Å². The predicted octanol–water partition coefficient (Wildman–Crippen LogP) is 3.24. The molecular formula is C18H28N2O2. The zero-order chi connectivity index (χ0) is 16.9. The van der Waals surface area contributed by atoms with E-state index in [2.05, 4.69) is 25.2 Å². The molecule has 0 bridgehead atoms. The van der Waals surface area contributed by atoms with Gasteiger partial charge in [0.2, 0.25) is 11.8 Å². The lowest BCUT2D eigenvalue weighted by molar-refractivity contribution is -0.124. The second kappa shape index (κ2) is 7.97. The molecule has 0 fully saturated rings. The molecule has 0 spiro atoms. The molecule has 4 heteroatoms. The highest BCUT2D eigenvalue weighted by Gasteiger charge is 2.19. The Bertz CT molecular complexity index is 536. The van der Waals surface area contributed by atoms with E-state index in [1.807, 2.05) is 32.9 Å². The van der Waals surface area contributed by atoms with Crippen LogP contribution in [0.5, 0.6) is 0 Å². The zero-order valence-corrected chi connectivity index (χ0v) is 14.6. The Morgan fingerprint density at radius 2 is 1.82 bits per heavy atom. The molecule has 0 aliphatic heterocycles. The maximum absolute atomic E-state index is 12.1. The summed E-state index contributed by atoms with van der Waals surface area (Å²) in [5.74, 6) is 0.296. The van der Waals surface area contributed by atoms with Gasteiger partial charge < -0.3 is 10.2 Å². The van der Waals surface area contributed by atoms with Crippen molar-refractivity contribution in [3.8, 4) is 0 Å². The third-order valence-corrected chi connectivity index (χ3v) is 3.70. The van der Waals surface area contributed by atoms with Gasteiger partial charge >= 0.3 is 0 Å². The molecule has 0 aliphatic carbocycles. The van der Waals surface area contributed by atoms with Gasteiger partial charge in [0.15, 0.2) is 0 Å². The van der Waals surface area contributed by atoms with E-state index in [9.17, 15) is 9.59 Å². The van der Waals surface area contributed by atoms with E-state index in [1.165, 1.54) is 0 Å². The standard InChI is InChI=1S/C18H28N2O2/c1-12(2)16-9-7-8-14(5)17(16)20(15(6)21)11-10-19-18(22)13(3)4/h7-9,12-13H,10-11H2,1-6H3,(H,19,22). The van der Waals surface area contributed by atoms with Gasteiger partial charge in [0.1, 0.15) is 0 Å². The Kier molecular flexibility index (Phi) is 6.60. The van der Waals surface area contributed by atoms with Crippen LogP contribution in [0.3, 0.4) is 0 Å². The number of aryl methyl sites for hydroxylation is 1. The molecule has 1 rings (SSSR count). The van der Waals surface area contributed by atoms with Gasteiger partial charge in [-0.1, -0.05) is 45.9 Å². The average Bonchev–Trinajstić information content (AvgIpc) is 2.43.